The van der Waals surface area contributed by atoms with E-state index in [4.69, 9.17) is 4.42 Å². The zero-order valence-corrected chi connectivity index (χ0v) is 16.2. The van der Waals surface area contributed by atoms with Crippen molar-refractivity contribution in [1.82, 2.24) is 0 Å². The third-order valence-corrected chi connectivity index (χ3v) is 6.32. The van der Waals surface area contributed by atoms with Crippen LogP contribution in [0, 0.1) is 18.7 Å². The predicted octanol–water partition coefficient (Wildman–Crippen LogP) is 6.86. The Labute approximate surface area is 159 Å². The smallest absolute Gasteiger partial charge is 0.344 e. The van der Waals surface area contributed by atoms with Crippen LogP contribution in [0.3, 0.4) is 0 Å². The van der Waals surface area contributed by atoms with Gasteiger partial charge in [0.05, 0.1) is 5.39 Å². The van der Waals surface area contributed by atoms with Crippen LogP contribution in [0.2, 0.25) is 0 Å². The molecule has 0 radical (unpaired) electrons. The maximum atomic E-state index is 14.4. The Kier molecular flexibility index (Phi) is 5.03. The fourth-order valence-electron chi connectivity index (χ4n) is 4.61. The third kappa shape index (κ3) is 3.40. The molecule has 1 aliphatic rings. The first-order valence-corrected chi connectivity index (χ1v) is 10.2. The Bertz CT molecular complexity index is 1030. The Morgan fingerprint density at radius 2 is 1.78 bits per heavy atom. The van der Waals surface area contributed by atoms with Crippen molar-refractivity contribution < 1.29 is 8.81 Å². The van der Waals surface area contributed by atoms with Gasteiger partial charge in [0.2, 0.25) is 0 Å². The predicted molar refractivity (Wildman–Crippen MR) is 109 cm³/mol. The third-order valence-electron chi connectivity index (χ3n) is 6.32. The van der Waals surface area contributed by atoms with E-state index in [1.807, 2.05) is 18.2 Å². The second kappa shape index (κ2) is 7.46. The normalized spacial score (nSPS) is 20.4. The van der Waals surface area contributed by atoms with Gasteiger partial charge in [-0.25, -0.2) is 9.18 Å². The number of rotatable bonds is 4. The summed E-state index contributed by atoms with van der Waals surface area (Å²) in [6, 6.07) is 9.66. The average Bonchev–Trinajstić information content (AvgIpc) is 2.70. The maximum Gasteiger partial charge on any atom is 0.344 e. The lowest BCUT2D eigenvalue weighted by atomic mass is 9.77. The summed E-state index contributed by atoms with van der Waals surface area (Å²) in [6.45, 7) is 3.93. The highest BCUT2D eigenvalue weighted by molar-refractivity contribution is 6.04. The molecule has 1 saturated carbocycles. The highest BCUT2D eigenvalue weighted by Crippen LogP contribution is 2.38. The largest absolute Gasteiger partial charge is 0.419 e. The molecule has 0 N–H and O–H groups in total. The Morgan fingerprint density at radius 1 is 1.04 bits per heavy atom. The van der Waals surface area contributed by atoms with Crippen molar-refractivity contribution in [2.24, 2.45) is 5.92 Å². The number of unbranched alkanes of at least 4 members (excludes halogenated alkanes) is 1. The summed E-state index contributed by atoms with van der Waals surface area (Å²) < 4.78 is 19.7. The van der Waals surface area contributed by atoms with Gasteiger partial charge in [-0.1, -0.05) is 50.5 Å². The fraction of sp³-hybridized carbons (Fsp3) is 0.458. The first-order valence-electron chi connectivity index (χ1n) is 10.2. The quantitative estimate of drug-likeness (QED) is 0.373. The lowest BCUT2D eigenvalue weighted by molar-refractivity contribution is 0.304. The van der Waals surface area contributed by atoms with Crippen LogP contribution in [-0.4, -0.2) is 0 Å². The van der Waals surface area contributed by atoms with Crippen LogP contribution < -0.4 is 5.63 Å². The summed E-state index contributed by atoms with van der Waals surface area (Å²) in [4.78, 5) is 12.5. The van der Waals surface area contributed by atoms with Crippen LogP contribution in [0.25, 0.3) is 21.7 Å². The summed E-state index contributed by atoms with van der Waals surface area (Å²) in [5.74, 6) is 0.931. The van der Waals surface area contributed by atoms with Gasteiger partial charge in [0.25, 0.3) is 0 Å². The molecule has 2 aromatic carbocycles. The minimum Gasteiger partial charge on any atom is -0.419 e. The van der Waals surface area contributed by atoms with Crippen LogP contribution in [0.1, 0.15) is 68.9 Å². The van der Waals surface area contributed by atoms with E-state index in [1.165, 1.54) is 50.5 Å². The van der Waals surface area contributed by atoms with E-state index in [9.17, 15) is 9.18 Å². The van der Waals surface area contributed by atoms with Gasteiger partial charge in [0.15, 0.2) is 11.4 Å². The molecule has 1 aromatic heterocycles. The van der Waals surface area contributed by atoms with Gasteiger partial charge in [-0.15, -0.1) is 0 Å². The van der Waals surface area contributed by atoms with Gasteiger partial charge >= 0.3 is 5.63 Å². The van der Waals surface area contributed by atoms with Crippen LogP contribution >= 0.6 is 0 Å². The zero-order chi connectivity index (χ0) is 19.0. The van der Waals surface area contributed by atoms with Crippen LogP contribution in [0.5, 0.6) is 0 Å². The van der Waals surface area contributed by atoms with Gasteiger partial charge in [0.1, 0.15) is 0 Å². The molecule has 3 heteroatoms. The van der Waals surface area contributed by atoms with Crippen molar-refractivity contribution in [1.29, 1.82) is 0 Å². The minimum absolute atomic E-state index is 0.0664. The van der Waals surface area contributed by atoms with E-state index in [1.54, 1.807) is 13.0 Å². The monoisotopic (exact) mass is 366 g/mol. The van der Waals surface area contributed by atoms with E-state index in [0.717, 1.165) is 11.3 Å². The highest BCUT2D eigenvalue weighted by Gasteiger charge is 2.23. The molecule has 4 rings (SSSR count). The number of hydrogen-bond donors (Lipinski definition) is 0. The van der Waals surface area contributed by atoms with Crippen molar-refractivity contribution in [3.05, 3.63) is 57.7 Å². The van der Waals surface area contributed by atoms with E-state index in [-0.39, 0.29) is 5.58 Å². The van der Waals surface area contributed by atoms with Gasteiger partial charge in [-0.2, -0.15) is 0 Å². The molecule has 0 bridgehead atoms. The molecular weight excluding hydrogens is 339 g/mol. The summed E-state index contributed by atoms with van der Waals surface area (Å²) in [6.07, 6.45) is 8.88. The molecular formula is C24H27FO2. The Balaban J connectivity index is 1.67. The number of benzene rings is 2. The molecule has 0 aliphatic heterocycles. The second-order valence-corrected chi connectivity index (χ2v) is 8.13. The van der Waals surface area contributed by atoms with Gasteiger partial charge in [-0.05, 0) is 61.6 Å². The standard InChI is InChI=1S/C24H27FO2/c1-3-4-5-16-7-9-17(10-8-16)18-11-13-19-20-12-6-15(2)22(25)23(20)27-24(26)21(19)14-18/h6,11-14,16-17H,3-5,7-10H2,1-2H3. The molecule has 0 saturated heterocycles. The lowest BCUT2D eigenvalue weighted by Crippen LogP contribution is -2.13. The summed E-state index contributed by atoms with van der Waals surface area (Å²) in [7, 11) is 0. The van der Waals surface area contributed by atoms with Crippen LogP contribution in [-0.2, 0) is 0 Å². The molecule has 0 unspecified atom stereocenters. The number of halogens is 1. The molecule has 1 heterocycles. The number of fused-ring (bicyclic) bond motifs is 3. The summed E-state index contributed by atoms with van der Waals surface area (Å²) in [5, 5.41) is 2.01. The molecule has 0 atom stereocenters. The topological polar surface area (TPSA) is 30.2 Å². The van der Waals surface area contributed by atoms with Gasteiger partial charge in [0, 0.05) is 10.8 Å². The van der Waals surface area contributed by atoms with Crippen LogP contribution in [0.4, 0.5) is 4.39 Å². The lowest BCUT2D eigenvalue weighted by Gasteiger charge is -2.29. The van der Waals surface area contributed by atoms with Crippen molar-refractivity contribution in [3.8, 4) is 0 Å². The van der Waals surface area contributed by atoms with E-state index in [2.05, 4.69) is 13.0 Å². The minimum atomic E-state index is -0.444. The molecule has 3 aromatic rings. The van der Waals surface area contributed by atoms with Gasteiger partial charge in [-0.3, -0.25) is 0 Å². The van der Waals surface area contributed by atoms with Crippen molar-refractivity contribution in [2.45, 2.75) is 64.7 Å². The number of hydrogen-bond acceptors (Lipinski definition) is 2. The van der Waals surface area contributed by atoms with Crippen molar-refractivity contribution in [2.75, 3.05) is 0 Å². The molecule has 0 spiro atoms. The highest BCUT2D eigenvalue weighted by atomic mass is 19.1. The SMILES string of the molecule is CCCCC1CCC(c2ccc3c(c2)c(=O)oc2c(F)c(C)ccc23)CC1. The molecule has 0 amide bonds. The van der Waals surface area contributed by atoms with Crippen molar-refractivity contribution >= 4 is 21.7 Å². The Morgan fingerprint density at radius 3 is 2.52 bits per heavy atom. The van der Waals surface area contributed by atoms with E-state index in [0.29, 0.717) is 22.3 Å². The molecule has 27 heavy (non-hydrogen) atoms. The molecule has 1 aliphatic carbocycles. The molecule has 1 fully saturated rings. The van der Waals surface area contributed by atoms with E-state index >= 15 is 0 Å². The van der Waals surface area contributed by atoms with Gasteiger partial charge < -0.3 is 4.42 Å². The number of aryl methyl sites for hydroxylation is 1. The van der Waals surface area contributed by atoms with Crippen molar-refractivity contribution in [3.63, 3.8) is 0 Å². The molecule has 2 nitrogen and oxygen atoms in total. The average molecular weight is 366 g/mol. The van der Waals surface area contributed by atoms with Crippen LogP contribution in [0.15, 0.2) is 39.5 Å². The van der Waals surface area contributed by atoms with E-state index < -0.39 is 11.4 Å². The first kappa shape index (κ1) is 18.2. The molecule has 142 valence electrons. The zero-order valence-electron chi connectivity index (χ0n) is 16.2. The Hall–Kier alpha value is -2.16. The summed E-state index contributed by atoms with van der Waals surface area (Å²) >= 11 is 0. The summed E-state index contributed by atoms with van der Waals surface area (Å²) in [5.41, 5.74) is 1.33. The second-order valence-electron chi connectivity index (χ2n) is 8.13. The maximum absolute atomic E-state index is 14.4. The fourth-order valence-corrected chi connectivity index (χ4v) is 4.61. The first-order chi connectivity index (χ1) is 13.1.